The van der Waals surface area contributed by atoms with Crippen molar-refractivity contribution >= 4 is 5.82 Å². The van der Waals surface area contributed by atoms with Gasteiger partial charge in [0.1, 0.15) is 17.9 Å². The van der Waals surface area contributed by atoms with Gasteiger partial charge in [-0.3, -0.25) is 0 Å². The fourth-order valence-corrected chi connectivity index (χ4v) is 1.65. The molecule has 0 radical (unpaired) electrons. The lowest BCUT2D eigenvalue weighted by molar-refractivity contribution is 0.281. The summed E-state index contributed by atoms with van der Waals surface area (Å²) in [4.78, 5) is 8.02. The van der Waals surface area contributed by atoms with E-state index in [0.29, 0.717) is 23.9 Å². The van der Waals surface area contributed by atoms with Crippen molar-refractivity contribution in [2.45, 2.75) is 20.0 Å². The van der Waals surface area contributed by atoms with Gasteiger partial charge in [-0.1, -0.05) is 19.1 Å². The quantitative estimate of drug-likeness (QED) is 0.859. The van der Waals surface area contributed by atoms with E-state index >= 15 is 0 Å². The molecule has 0 saturated carbocycles. The number of aliphatic hydroxyl groups is 1. The van der Waals surface area contributed by atoms with E-state index in [2.05, 4.69) is 9.97 Å². The number of aliphatic hydroxyl groups excluding tert-OH is 1. The minimum absolute atomic E-state index is 0.0241. The molecule has 0 fully saturated rings. The zero-order valence-electron chi connectivity index (χ0n) is 10.1. The van der Waals surface area contributed by atoms with Crippen LogP contribution in [0.5, 0.6) is 11.6 Å². The van der Waals surface area contributed by atoms with Crippen LogP contribution in [0.4, 0.5) is 5.82 Å². The minimum Gasteiger partial charge on any atom is -0.439 e. The van der Waals surface area contributed by atoms with Crippen LogP contribution in [-0.4, -0.2) is 15.1 Å². The molecule has 0 saturated heterocycles. The van der Waals surface area contributed by atoms with E-state index in [1.54, 1.807) is 12.1 Å². The molecule has 2 rings (SSSR count). The topological polar surface area (TPSA) is 81.3 Å². The van der Waals surface area contributed by atoms with Crippen LogP contribution in [0.3, 0.4) is 0 Å². The Morgan fingerprint density at radius 1 is 1.33 bits per heavy atom. The van der Waals surface area contributed by atoms with Crippen LogP contribution in [0.15, 0.2) is 30.6 Å². The van der Waals surface area contributed by atoms with E-state index in [1.165, 1.54) is 6.33 Å². The van der Waals surface area contributed by atoms with Crippen LogP contribution in [-0.2, 0) is 13.0 Å². The summed E-state index contributed by atoms with van der Waals surface area (Å²) < 4.78 is 5.68. The van der Waals surface area contributed by atoms with Gasteiger partial charge in [-0.15, -0.1) is 0 Å². The molecule has 94 valence electrons. The first-order valence-corrected chi connectivity index (χ1v) is 5.71. The van der Waals surface area contributed by atoms with Crippen molar-refractivity contribution in [3.8, 4) is 11.6 Å². The van der Waals surface area contributed by atoms with Gasteiger partial charge in [0.05, 0.1) is 12.2 Å². The maximum absolute atomic E-state index is 9.07. The van der Waals surface area contributed by atoms with E-state index in [9.17, 15) is 0 Å². The van der Waals surface area contributed by atoms with Crippen LogP contribution >= 0.6 is 0 Å². The molecule has 0 bridgehead atoms. The van der Waals surface area contributed by atoms with Crippen molar-refractivity contribution in [3.63, 3.8) is 0 Å². The average molecular weight is 245 g/mol. The second-order valence-electron chi connectivity index (χ2n) is 3.80. The largest absolute Gasteiger partial charge is 0.439 e. The van der Waals surface area contributed by atoms with Crippen LogP contribution < -0.4 is 10.5 Å². The maximum atomic E-state index is 9.07. The van der Waals surface area contributed by atoms with Crippen molar-refractivity contribution in [3.05, 3.63) is 41.7 Å². The molecule has 1 aromatic heterocycles. The van der Waals surface area contributed by atoms with Crippen LogP contribution in [0.1, 0.15) is 18.1 Å². The normalized spacial score (nSPS) is 10.3. The van der Waals surface area contributed by atoms with E-state index in [-0.39, 0.29) is 6.61 Å². The molecule has 0 aliphatic carbocycles. The smallest absolute Gasteiger partial charge is 0.227 e. The molecule has 18 heavy (non-hydrogen) atoms. The number of nitrogens with two attached hydrogens (primary N) is 1. The minimum atomic E-state index is -0.0241. The number of rotatable bonds is 4. The molecule has 2 aromatic rings. The molecule has 5 nitrogen and oxygen atoms in total. The van der Waals surface area contributed by atoms with Crippen LogP contribution in [0.2, 0.25) is 0 Å². The van der Waals surface area contributed by atoms with Gasteiger partial charge in [0, 0.05) is 0 Å². The number of aromatic nitrogens is 2. The molecule has 1 heterocycles. The zero-order chi connectivity index (χ0) is 13.0. The molecule has 0 unspecified atom stereocenters. The Morgan fingerprint density at radius 3 is 2.89 bits per heavy atom. The van der Waals surface area contributed by atoms with Gasteiger partial charge < -0.3 is 15.6 Å². The SMILES string of the molecule is CCc1c(N)ncnc1Oc1cccc(CO)c1. The number of benzene rings is 1. The summed E-state index contributed by atoms with van der Waals surface area (Å²) in [5, 5.41) is 9.07. The summed E-state index contributed by atoms with van der Waals surface area (Å²) in [7, 11) is 0. The Kier molecular flexibility index (Phi) is 3.74. The number of nitrogen functional groups attached to an aromatic ring is 1. The summed E-state index contributed by atoms with van der Waals surface area (Å²) in [6.07, 6.45) is 2.07. The van der Waals surface area contributed by atoms with Gasteiger partial charge in [-0.25, -0.2) is 9.97 Å². The van der Waals surface area contributed by atoms with Gasteiger partial charge in [-0.05, 0) is 24.1 Å². The Morgan fingerprint density at radius 2 is 2.17 bits per heavy atom. The predicted octanol–water partition coefficient (Wildman–Crippen LogP) is 1.91. The molecular weight excluding hydrogens is 230 g/mol. The highest BCUT2D eigenvalue weighted by Gasteiger charge is 2.09. The number of nitrogens with zero attached hydrogens (tertiary/aromatic N) is 2. The molecule has 3 N–H and O–H groups in total. The second kappa shape index (κ2) is 5.46. The standard InChI is InChI=1S/C13H15N3O2/c1-2-11-12(14)15-8-16-13(11)18-10-5-3-4-9(6-10)7-17/h3-6,8,17H,2,7H2,1H3,(H2,14,15,16). The highest BCUT2D eigenvalue weighted by atomic mass is 16.5. The highest BCUT2D eigenvalue weighted by molar-refractivity contribution is 5.46. The Bertz CT molecular complexity index is 544. The van der Waals surface area contributed by atoms with Gasteiger partial charge in [0.25, 0.3) is 0 Å². The lowest BCUT2D eigenvalue weighted by Gasteiger charge is -2.10. The van der Waals surface area contributed by atoms with Crippen molar-refractivity contribution in [1.82, 2.24) is 9.97 Å². The van der Waals surface area contributed by atoms with Crippen LogP contribution in [0, 0.1) is 0 Å². The van der Waals surface area contributed by atoms with E-state index in [1.807, 2.05) is 19.1 Å². The van der Waals surface area contributed by atoms with Gasteiger partial charge in [0.15, 0.2) is 0 Å². The fourth-order valence-electron chi connectivity index (χ4n) is 1.65. The molecule has 0 aliphatic heterocycles. The lowest BCUT2D eigenvalue weighted by atomic mass is 10.2. The van der Waals surface area contributed by atoms with E-state index in [0.717, 1.165) is 11.1 Å². The average Bonchev–Trinajstić information content (AvgIpc) is 2.39. The Hall–Kier alpha value is -2.14. The summed E-state index contributed by atoms with van der Waals surface area (Å²) in [6, 6.07) is 7.20. The predicted molar refractivity (Wildman–Crippen MR) is 68.3 cm³/mol. The van der Waals surface area contributed by atoms with Crippen molar-refractivity contribution in [2.75, 3.05) is 5.73 Å². The Labute approximate surface area is 105 Å². The Balaban J connectivity index is 2.30. The molecule has 0 amide bonds. The van der Waals surface area contributed by atoms with Crippen molar-refractivity contribution in [2.24, 2.45) is 0 Å². The van der Waals surface area contributed by atoms with E-state index in [4.69, 9.17) is 15.6 Å². The van der Waals surface area contributed by atoms with Crippen molar-refractivity contribution < 1.29 is 9.84 Å². The van der Waals surface area contributed by atoms with Crippen molar-refractivity contribution in [1.29, 1.82) is 0 Å². The fraction of sp³-hybridized carbons (Fsp3) is 0.231. The summed E-state index contributed by atoms with van der Waals surface area (Å²) in [6.45, 7) is 1.94. The van der Waals surface area contributed by atoms with Gasteiger partial charge >= 0.3 is 0 Å². The molecule has 5 heteroatoms. The first-order valence-electron chi connectivity index (χ1n) is 5.71. The van der Waals surface area contributed by atoms with E-state index < -0.39 is 0 Å². The van der Waals surface area contributed by atoms with Gasteiger partial charge in [0.2, 0.25) is 5.88 Å². The van der Waals surface area contributed by atoms with Crippen LogP contribution in [0.25, 0.3) is 0 Å². The third-order valence-corrected chi connectivity index (χ3v) is 2.59. The third-order valence-electron chi connectivity index (χ3n) is 2.59. The highest BCUT2D eigenvalue weighted by Crippen LogP contribution is 2.26. The number of ether oxygens (including phenoxy) is 1. The second-order valence-corrected chi connectivity index (χ2v) is 3.80. The number of anilines is 1. The maximum Gasteiger partial charge on any atom is 0.227 e. The first-order chi connectivity index (χ1) is 8.74. The number of hydrogen-bond donors (Lipinski definition) is 2. The summed E-state index contributed by atoms with van der Waals surface area (Å²) >= 11 is 0. The molecule has 1 aromatic carbocycles. The summed E-state index contributed by atoms with van der Waals surface area (Å²) in [5.41, 5.74) is 7.34. The first kappa shape index (κ1) is 12.3. The molecule has 0 aliphatic rings. The monoisotopic (exact) mass is 245 g/mol. The number of hydrogen-bond acceptors (Lipinski definition) is 5. The molecule has 0 spiro atoms. The molecular formula is C13H15N3O2. The van der Waals surface area contributed by atoms with Gasteiger partial charge in [-0.2, -0.15) is 0 Å². The third kappa shape index (κ3) is 2.57. The zero-order valence-corrected chi connectivity index (χ0v) is 10.1. The molecule has 0 atom stereocenters. The lowest BCUT2D eigenvalue weighted by Crippen LogP contribution is -2.01. The summed E-state index contributed by atoms with van der Waals surface area (Å²) in [5.74, 6) is 1.51.